The minimum absolute atomic E-state index is 0.0837. The van der Waals surface area contributed by atoms with E-state index in [-0.39, 0.29) is 18.0 Å². The largest absolute Gasteiger partial charge is 0.352 e. The summed E-state index contributed by atoms with van der Waals surface area (Å²) in [5, 5.41) is 6.46. The number of carbonyl (C=O) groups is 1. The Labute approximate surface area is 106 Å². The van der Waals surface area contributed by atoms with E-state index in [1.54, 1.807) is 0 Å². The van der Waals surface area contributed by atoms with Gasteiger partial charge in [-0.15, -0.1) is 0 Å². The van der Waals surface area contributed by atoms with E-state index in [9.17, 15) is 4.79 Å². The molecule has 0 aromatic heterocycles. The zero-order valence-corrected chi connectivity index (χ0v) is 11.8. The SMILES string of the molecule is CCC(C)NC(=O)C(C)N[C@H](C)C1CCCC1. The number of hydrogen-bond acceptors (Lipinski definition) is 2. The lowest BCUT2D eigenvalue weighted by atomic mass is 9.99. The van der Waals surface area contributed by atoms with E-state index in [0.717, 1.165) is 12.3 Å². The number of amides is 1. The Bertz CT molecular complexity index is 236. The maximum Gasteiger partial charge on any atom is 0.237 e. The van der Waals surface area contributed by atoms with E-state index in [1.807, 2.05) is 13.8 Å². The maximum atomic E-state index is 11.9. The molecule has 0 heterocycles. The van der Waals surface area contributed by atoms with Crippen molar-refractivity contribution in [3.63, 3.8) is 0 Å². The van der Waals surface area contributed by atoms with Gasteiger partial charge in [-0.1, -0.05) is 19.8 Å². The summed E-state index contributed by atoms with van der Waals surface area (Å²) in [6.07, 6.45) is 6.31. The summed E-state index contributed by atoms with van der Waals surface area (Å²) < 4.78 is 0. The second-order valence-electron chi connectivity index (χ2n) is 5.54. The van der Waals surface area contributed by atoms with Crippen molar-refractivity contribution in [3.8, 4) is 0 Å². The van der Waals surface area contributed by atoms with Gasteiger partial charge in [0.1, 0.15) is 0 Å². The van der Waals surface area contributed by atoms with Crippen LogP contribution >= 0.6 is 0 Å². The highest BCUT2D eigenvalue weighted by atomic mass is 16.2. The summed E-state index contributed by atoms with van der Waals surface area (Å²) in [6, 6.07) is 0.642. The van der Waals surface area contributed by atoms with Gasteiger partial charge in [-0.25, -0.2) is 0 Å². The predicted octanol–water partition coefficient (Wildman–Crippen LogP) is 2.46. The van der Waals surface area contributed by atoms with Crippen molar-refractivity contribution in [2.24, 2.45) is 5.92 Å². The van der Waals surface area contributed by atoms with E-state index in [1.165, 1.54) is 25.7 Å². The van der Waals surface area contributed by atoms with Crippen LogP contribution in [-0.2, 0) is 4.79 Å². The topological polar surface area (TPSA) is 41.1 Å². The van der Waals surface area contributed by atoms with Gasteiger partial charge in [0.25, 0.3) is 0 Å². The first kappa shape index (κ1) is 14.5. The van der Waals surface area contributed by atoms with Crippen molar-refractivity contribution in [1.29, 1.82) is 0 Å². The highest BCUT2D eigenvalue weighted by molar-refractivity contribution is 5.81. The molecule has 0 spiro atoms. The first-order valence-electron chi connectivity index (χ1n) is 7.11. The van der Waals surface area contributed by atoms with Gasteiger partial charge < -0.3 is 10.6 Å². The average Bonchev–Trinajstić information content (AvgIpc) is 2.82. The van der Waals surface area contributed by atoms with Crippen molar-refractivity contribution in [2.45, 2.75) is 77.9 Å². The zero-order chi connectivity index (χ0) is 12.8. The first-order valence-corrected chi connectivity index (χ1v) is 7.11. The smallest absolute Gasteiger partial charge is 0.237 e. The van der Waals surface area contributed by atoms with E-state index in [2.05, 4.69) is 24.5 Å². The lowest BCUT2D eigenvalue weighted by Gasteiger charge is -2.25. The molecular weight excluding hydrogens is 212 g/mol. The third kappa shape index (κ3) is 4.66. The summed E-state index contributed by atoms with van der Waals surface area (Å²) in [4.78, 5) is 11.9. The summed E-state index contributed by atoms with van der Waals surface area (Å²) >= 11 is 0. The minimum atomic E-state index is -0.0837. The van der Waals surface area contributed by atoms with Gasteiger partial charge in [-0.3, -0.25) is 4.79 Å². The first-order chi connectivity index (χ1) is 8.04. The molecule has 1 aliphatic carbocycles. The van der Waals surface area contributed by atoms with Gasteiger partial charge >= 0.3 is 0 Å². The van der Waals surface area contributed by atoms with Crippen molar-refractivity contribution in [3.05, 3.63) is 0 Å². The van der Waals surface area contributed by atoms with Crippen LogP contribution in [0.3, 0.4) is 0 Å². The Kier molecular flexibility index (Phi) is 5.96. The molecule has 3 atom stereocenters. The van der Waals surface area contributed by atoms with Crippen molar-refractivity contribution >= 4 is 5.91 Å². The Morgan fingerprint density at radius 1 is 1.24 bits per heavy atom. The summed E-state index contributed by atoms with van der Waals surface area (Å²) in [5.41, 5.74) is 0. The molecular formula is C14H28N2O. The number of carbonyl (C=O) groups excluding carboxylic acids is 1. The molecule has 1 fully saturated rings. The molecule has 1 saturated carbocycles. The fraction of sp³-hybridized carbons (Fsp3) is 0.929. The highest BCUT2D eigenvalue weighted by Crippen LogP contribution is 2.27. The standard InChI is InChI=1S/C14H28N2O/c1-5-10(2)15-14(17)12(4)16-11(3)13-8-6-7-9-13/h10-13,16H,5-9H2,1-4H3,(H,15,17)/t10?,11-,12?/m1/s1. The number of rotatable bonds is 6. The molecule has 0 aliphatic heterocycles. The van der Waals surface area contributed by atoms with E-state index in [0.29, 0.717) is 6.04 Å². The molecule has 0 aromatic carbocycles. The maximum absolute atomic E-state index is 11.9. The molecule has 100 valence electrons. The lowest BCUT2D eigenvalue weighted by molar-refractivity contribution is -0.123. The van der Waals surface area contributed by atoms with Crippen molar-refractivity contribution < 1.29 is 4.79 Å². The Balaban J connectivity index is 2.31. The monoisotopic (exact) mass is 240 g/mol. The van der Waals surface area contributed by atoms with E-state index < -0.39 is 0 Å². The second kappa shape index (κ2) is 7.00. The summed E-state index contributed by atoms with van der Waals surface area (Å²) in [7, 11) is 0. The van der Waals surface area contributed by atoms with Crippen LogP contribution in [0.25, 0.3) is 0 Å². The van der Waals surface area contributed by atoms with E-state index in [4.69, 9.17) is 0 Å². The van der Waals surface area contributed by atoms with Crippen molar-refractivity contribution in [2.75, 3.05) is 0 Å². The molecule has 0 radical (unpaired) electrons. The van der Waals surface area contributed by atoms with Gasteiger partial charge in [0.05, 0.1) is 6.04 Å². The van der Waals surface area contributed by atoms with Gasteiger partial charge in [-0.2, -0.15) is 0 Å². The normalized spacial score (nSPS) is 22.1. The fourth-order valence-corrected chi connectivity index (χ4v) is 2.53. The van der Waals surface area contributed by atoms with Gasteiger partial charge in [0, 0.05) is 12.1 Å². The number of nitrogens with one attached hydrogen (secondary N) is 2. The second-order valence-corrected chi connectivity index (χ2v) is 5.54. The molecule has 1 amide bonds. The molecule has 2 unspecified atom stereocenters. The summed E-state index contributed by atoms with van der Waals surface area (Å²) in [6.45, 7) is 8.31. The molecule has 1 aliphatic rings. The number of hydrogen-bond donors (Lipinski definition) is 2. The third-order valence-corrected chi connectivity index (χ3v) is 4.01. The Morgan fingerprint density at radius 2 is 1.82 bits per heavy atom. The molecule has 3 heteroatoms. The van der Waals surface area contributed by atoms with Crippen LogP contribution in [0.15, 0.2) is 0 Å². The Morgan fingerprint density at radius 3 is 2.35 bits per heavy atom. The highest BCUT2D eigenvalue weighted by Gasteiger charge is 2.24. The van der Waals surface area contributed by atoms with Crippen LogP contribution in [0, 0.1) is 5.92 Å². The van der Waals surface area contributed by atoms with Gasteiger partial charge in [0.2, 0.25) is 5.91 Å². The average molecular weight is 240 g/mol. The molecule has 0 aromatic rings. The molecule has 0 bridgehead atoms. The quantitative estimate of drug-likeness (QED) is 0.749. The van der Waals surface area contributed by atoms with E-state index >= 15 is 0 Å². The van der Waals surface area contributed by atoms with Crippen LogP contribution in [0.1, 0.15) is 59.8 Å². The Hall–Kier alpha value is -0.570. The summed E-state index contributed by atoms with van der Waals surface area (Å²) in [5.74, 6) is 0.887. The molecule has 17 heavy (non-hydrogen) atoms. The molecule has 0 saturated heterocycles. The van der Waals surface area contributed by atoms with Crippen LogP contribution < -0.4 is 10.6 Å². The predicted molar refractivity (Wildman–Crippen MR) is 71.9 cm³/mol. The third-order valence-electron chi connectivity index (χ3n) is 4.01. The van der Waals surface area contributed by atoms with Crippen LogP contribution in [0.5, 0.6) is 0 Å². The van der Waals surface area contributed by atoms with Crippen LogP contribution in [-0.4, -0.2) is 24.0 Å². The van der Waals surface area contributed by atoms with Crippen LogP contribution in [0.4, 0.5) is 0 Å². The van der Waals surface area contributed by atoms with Gasteiger partial charge in [0.15, 0.2) is 0 Å². The molecule has 1 rings (SSSR count). The molecule has 2 N–H and O–H groups in total. The van der Waals surface area contributed by atoms with Crippen LogP contribution in [0.2, 0.25) is 0 Å². The van der Waals surface area contributed by atoms with Crippen molar-refractivity contribution in [1.82, 2.24) is 10.6 Å². The zero-order valence-electron chi connectivity index (χ0n) is 11.8. The fourth-order valence-electron chi connectivity index (χ4n) is 2.53. The lowest BCUT2D eigenvalue weighted by Crippen LogP contribution is -2.49. The molecule has 3 nitrogen and oxygen atoms in total. The van der Waals surface area contributed by atoms with Gasteiger partial charge in [-0.05, 0) is 46.0 Å². The minimum Gasteiger partial charge on any atom is -0.352 e.